The molecule has 0 saturated heterocycles. The molecule has 1 aliphatic rings. The maximum Gasteiger partial charge on any atom is 0.305 e. The van der Waals surface area contributed by atoms with E-state index in [9.17, 15) is 19.5 Å². The van der Waals surface area contributed by atoms with Gasteiger partial charge < -0.3 is 20.1 Å². The molecule has 1 aromatic carbocycles. The van der Waals surface area contributed by atoms with E-state index in [1.54, 1.807) is 4.90 Å². The summed E-state index contributed by atoms with van der Waals surface area (Å²) in [6.45, 7) is 6.48. The van der Waals surface area contributed by atoms with Crippen LogP contribution in [-0.4, -0.2) is 53.6 Å². The molecule has 2 atom stereocenters. The van der Waals surface area contributed by atoms with Crippen LogP contribution in [0.1, 0.15) is 58.4 Å². The third kappa shape index (κ3) is 9.38. The topological polar surface area (TPSA) is 95.9 Å². The van der Waals surface area contributed by atoms with Crippen LogP contribution >= 0.6 is 0 Å². The molecule has 7 heteroatoms. The second kappa shape index (κ2) is 13.1. The van der Waals surface area contributed by atoms with Gasteiger partial charge in [-0.15, -0.1) is 0 Å². The smallest absolute Gasteiger partial charge is 0.305 e. The molecule has 0 saturated carbocycles. The summed E-state index contributed by atoms with van der Waals surface area (Å²) in [5.74, 6) is -1.22. The molecule has 1 aliphatic heterocycles. The fourth-order valence-corrected chi connectivity index (χ4v) is 3.63. The molecule has 2 N–H and O–H groups in total. The van der Waals surface area contributed by atoms with Crippen LogP contribution in [-0.2, 0) is 25.7 Å². The van der Waals surface area contributed by atoms with Crippen molar-refractivity contribution in [2.45, 2.75) is 65.5 Å². The van der Waals surface area contributed by atoms with Gasteiger partial charge in [-0.2, -0.15) is 0 Å². The minimum absolute atomic E-state index is 0.0413. The normalized spacial score (nSPS) is 21.6. The quantitative estimate of drug-likeness (QED) is 0.504. The molecule has 0 aliphatic carbocycles. The molecule has 7 nitrogen and oxygen atoms in total. The lowest BCUT2D eigenvalue weighted by atomic mass is 9.86. The van der Waals surface area contributed by atoms with Crippen molar-refractivity contribution in [2.75, 3.05) is 19.8 Å². The van der Waals surface area contributed by atoms with Gasteiger partial charge in [0.1, 0.15) is 6.61 Å². The van der Waals surface area contributed by atoms with Crippen molar-refractivity contribution < 1.29 is 24.2 Å². The van der Waals surface area contributed by atoms with Crippen molar-refractivity contribution in [3.8, 4) is 0 Å². The molecular weight excluding hydrogens is 420 g/mol. The van der Waals surface area contributed by atoms with Crippen molar-refractivity contribution in [3.05, 3.63) is 48.0 Å². The number of esters is 1. The minimum Gasteiger partial charge on any atom is -0.463 e. The zero-order valence-corrected chi connectivity index (χ0v) is 20.1. The Morgan fingerprint density at radius 1 is 1.18 bits per heavy atom. The molecule has 0 aromatic heterocycles. The summed E-state index contributed by atoms with van der Waals surface area (Å²) in [5.41, 5.74) is 0.643. The van der Waals surface area contributed by atoms with Gasteiger partial charge in [0.05, 0.1) is 18.6 Å². The van der Waals surface area contributed by atoms with Crippen LogP contribution in [0.5, 0.6) is 0 Å². The average Bonchev–Trinajstić information content (AvgIpc) is 2.78. The summed E-state index contributed by atoms with van der Waals surface area (Å²) < 4.78 is 5.42. The summed E-state index contributed by atoms with van der Waals surface area (Å²) in [6.07, 6.45) is 6.08. The Kier molecular flexibility index (Phi) is 10.6. The number of hydrogen-bond acceptors (Lipinski definition) is 5. The number of aliphatic hydroxyl groups excluding tert-OH is 1. The van der Waals surface area contributed by atoms with Gasteiger partial charge in [-0.3, -0.25) is 14.4 Å². The Balaban J connectivity index is 2.17. The summed E-state index contributed by atoms with van der Waals surface area (Å²) >= 11 is 0. The van der Waals surface area contributed by atoms with Crippen LogP contribution in [0, 0.1) is 11.3 Å². The molecule has 33 heavy (non-hydrogen) atoms. The number of aliphatic hydroxyl groups is 1. The van der Waals surface area contributed by atoms with Crippen LogP contribution < -0.4 is 5.32 Å². The number of cyclic esters (lactones) is 1. The Morgan fingerprint density at radius 3 is 2.58 bits per heavy atom. The van der Waals surface area contributed by atoms with Crippen molar-refractivity contribution in [2.24, 2.45) is 11.3 Å². The van der Waals surface area contributed by atoms with Crippen LogP contribution in [0.15, 0.2) is 42.5 Å². The number of nitrogens with one attached hydrogen (secondary N) is 1. The summed E-state index contributed by atoms with van der Waals surface area (Å²) in [4.78, 5) is 40.0. The largest absolute Gasteiger partial charge is 0.463 e. The van der Waals surface area contributed by atoms with Gasteiger partial charge in [0.25, 0.3) is 0 Å². The Hall–Kier alpha value is -2.67. The fraction of sp³-hybridized carbons (Fsp3) is 0.577. The molecule has 0 fully saturated rings. The van der Waals surface area contributed by atoms with Gasteiger partial charge in [0, 0.05) is 25.9 Å². The molecule has 1 aromatic rings. The van der Waals surface area contributed by atoms with E-state index in [2.05, 4.69) is 5.32 Å². The standard InChI is InChI=1S/C26H38N2O5/c1-26(2,3)22-19-33-24(31)14-10-5-4-9-13-21(25(32)27-22)17-23(30)28(15-16-29)18-20-11-7-6-8-12-20/h4,6-9,11-12,21-22,29H,5,10,13-19H2,1-3H3,(H,27,32)/b9-4+/t21-,22-/m1/s1. The highest BCUT2D eigenvalue weighted by molar-refractivity contribution is 5.86. The number of carbonyl (C=O) groups is 3. The molecule has 0 radical (unpaired) electrons. The number of allylic oxidation sites excluding steroid dienone is 2. The zero-order chi connectivity index (χ0) is 24.3. The van der Waals surface area contributed by atoms with Gasteiger partial charge in [-0.25, -0.2) is 0 Å². The Bertz CT molecular complexity index is 801. The molecule has 2 rings (SSSR count). The number of benzene rings is 1. The van der Waals surface area contributed by atoms with Gasteiger partial charge in [-0.1, -0.05) is 63.3 Å². The van der Waals surface area contributed by atoms with Crippen molar-refractivity contribution in [1.82, 2.24) is 10.2 Å². The minimum atomic E-state index is -0.549. The van der Waals surface area contributed by atoms with Gasteiger partial charge in [0.2, 0.25) is 11.8 Å². The molecule has 0 unspecified atom stereocenters. The van der Waals surface area contributed by atoms with Crippen molar-refractivity contribution >= 4 is 17.8 Å². The predicted molar refractivity (Wildman–Crippen MR) is 127 cm³/mol. The first-order valence-electron chi connectivity index (χ1n) is 11.7. The van der Waals surface area contributed by atoms with E-state index in [0.717, 1.165) is 5.56 Å². The maximum absolute atomic E-state index is 13.2. The molecule has 2 amide bonds. The first kappa shape index (κ1) is 26.6. The highest BCUT2D eigenvalue weighted by atomic mass is 16.5. The monoisotopic (exact) mass is 458 g/mol. The summed E-state index contributed by atoms with van der Waals surface area (Å²) in [7, 11) is 0. The molecule has 1 heterocycles. The second-order valence-electron chi connectivity index (χ2n) is 9.64. The van der Waals surface area contributed by atoms with E-state index in [-0.39, 0.29) is 55.4 Å². The lowest BCUT2D eigenvalue weighted by Gasteiger charge is -2.32. The van der Waals surface area contributed by atoms with Crippen LogP contribution in [0.3, 0.4) is 0 Å². The van der Waals surface area contributed by atoms with E-state index >= 15 is 0 Å². The van der Waals surface area contributed by atoms with E-state index in [4.69, 9.17) is 4.74 Å². The highest BCUT2D eigenvalue weighted by Crippen LogP contribution is 2.22. The van der Waals surface area contributed by atoms with Crippen LogP contribution in [0.2, 0.25) is 0 Å². The lowest BCUT2D eigenvalue weighted by Crippen LogP contribution is -2.49. The third-order valence-electron chi connectivity index (χ3n) is 5.84. The number of hydrogen-bond donors (Lipinski definition) is 2. The molecule has 0 spiro atoms. The van der Waals surface area contributed by atoms with Crippen molar-refractivity contribution in [3.63, 3.8) is 0 Å². The third-order valence-corrected chi connectivity index (χ3v) is 5.84. The van der Waals surface area contributed by atoms with Crippen molar-refractivity contribution in [1.29, 1.82) is 0 Å². The number of nitrogens with zero attached hydrogens (tertiary/aromatic N) is 1. The first-order chi connectivity index (χ1) is 15.7. The second-order valence-corrected chi connectivity index (χ2v) is 9.64. The predicted octanol–water partition coefficient (Wildman–Crippen LogP) is 3.22. The average molecular weight is 459 g/mol. The number of rotatable bonds is 6. The van der Waals surface area contributed by atoms with Gasteiger partial charge in [-0.05, 0) is 30.2 Å². The molecule has 182 valence electrons. The summed E-state index contributed by atoms with van der Waals surface area (Å²) in [6, 6.07) is 9.22. The number of carbonyl (C=O) groups excluding carboxylic acids is 3. The van der Waals surface area contributed by atoms with Gasteiger partial charge >= 0.3 is 5.97 Å². The first-order valence-corrected chi connectivity index (χ1v) is 11.7. The Labute approximate surface area is 197 Å². The van der Waals surface area contributed by atoms with E-state index in [1.807, 2.05) is 63.3 Å². The maximum atomic E-state index is 13.2. The number of amides is 2. The summed E-state index contributed by atoms with van der Waals surface area (Å²) in [5, 5.41) is 12.5. The fourth-order valence-electron chi connectivity index (χ4n) is 3.63. The van der Waals surface area contributed by atoms with E-state index < -0.39 is 5.92 Å². The number of ether oxygens (including phenoxy) is 1. The highest BCUT2D eigenvalue weighted by Gasteiger charge is 2.31. The Morgan fingerprint density at radius 2 is 1.91 bits per heavy atom. The van der Waals surface area contributed by atoms with E-state index in [1.165, 1.54) is 0 Å². The SMILES string of the molecule is CC(C)(C)[C@H]1COC(=O)CCC/C=C/C[C@H](CC(=O)N(CCO)Cc2ccccc2)C(=O)N1. The van der Waals surface area contributed by atoms with Crippen LogP contribution in [0.25, 0.3) is 0 Å². The lowest BCUT2D eigenvalue weighted by molar-refractivity contribution is -0.146. The van der Waals surface area contributed by atoms with E-state index in [0.29, 0.717) is 32.2 Å². The van der Waals surface area contributed by atoms with Gasteiger partial charge in [0.15, 0.2) is 0 Å². The van der Waals surface area contributed by atoms with Crippen LogP contribution in [0.4, 0.5) is 0 Å². The molecular formula is C26H38N2O5. The molecule has 0 bridgehead atoms. The zero-order valence-electron chi connectivity index (χ0n) is 20.1.